The molecule has 0 saturated carbocycles. The first kappa shape index (κ1) is 23.4. The summed E-state index contributed by atoms with van der Waals surface area (Å²) in [5, 5.41) is 2.89. The van der Waals surface area contributed by atoms with Crippen molar-refractivity contribution in [3.05, 3.63) is 47.8 Å². The molecule has 12 nitrogen and oxygen atoms in total. The number of rotatable bonds is 5. The highest BCUT2D eigenvalue weighted by molar-refractivity contribution is 6.03. The molecule has 12 heteroatoms. The summed E-state index contributed by atoms with van der Waals surface area (Å²) in [5.41, 5.74) is 8.86. The highest BCUT2D eigenvalue weighted by Crippen LogP contribution is 2.35. The van der Waals surface area contributed by atoms with Gasteiger partial charge in [-0.3, -0.25) is 4.90 Å². The summed E-state index contributed by atoms with van der Waals surface area (Å²) in [5.74, 6) is 0.824. The van der Waals surface area contributed by atoms with E-state index in [9.17, 15) is 9.59 Å². The van der Waals surface area contributed by atoms with Crippen molar-refractivity contribution in [3.63, 3.8) is 0 Å². The smallest absolute Gasteiger partial charge is 0.338 e. The molecule has 0 atom stereocenters. The van der Waals surface area contributed by atoms with Gasteiger partial charge in [-0.15, -0.1) is 0 Å². The molecular weight excluding hydrogens is 464 g/mol. The Kier molecular flexibility index (Phi) is 6.58. The van der Waals surface area contributed by atoms with Crippen molar-refractivity contribution in [3.8, 4) is 11.3 Å². The summed E-state index contributed by atoms with van der Waals surface area (Å²) in [7, 11) is 0. The van der Waals surface area contributed by atoms with Crippen molar-refractivity contribution in [2.24, 2.45) is 0 Å². The van der Waals surface area contributed by atoms with Crippen molar-refractivity contribution >= 4 is 35.4 Å². The second-order valence-corrected chi connectivity index (χ2v) is 8.23. The van der Waals surface area contributed by atoms with Gasteiger partial charge in [-0.05, 0) is 37.6 Å². The molecule has 2 amide bonds. The monoisotopic (exact) mass is 490 g/mol. The topological polar surface area (TPSA) is 149 Å². The van der Waals surface area contributed by atoms with Gasteiger partial charge < -0.3 is 25.4 Å². The van der Waals surface area contributed by atoms with Crippen LogP contribution in [0.5, 0.6) is 0 Å². The fourth-order valence-corrected chi connectivity index (χ4v) is 4.14. The Bertz CT molecular complexity index is 1260. The standard InChI is InChI=1S/C24H26N8O4/c1-2-36-21(33)15-3-5-17(6-4-15)28-24(34)32-8-7-18-19(16-13-26-22(25)27-14-16)29-23(30-20(18)32)31-9-11-35-12-10-31/h3-6,13-14H,2,7-12H2,1H3,(H,28,34)(H2,25,26,27). The van der Waals surface area contributed by atoms with Gasteiger partial charge in [0, 0.05) is 48.8 Å². The lowest BCUT2D eigenvalue weighted by molar-refractivity contribution is 0.0526. The first-order chi connectivity index (χ1) is 17.5. The van der Waals surface area contributed by atoms with Gasteiger partial charge in [0.15, 0.2) is 0 Å². The molecule has 1 fully saturated rings. The number of aromatic nitrogens is 4. The van der Waals surface area contributed by atoms with Gasteiger partial charge in [0.05, 0.1) is 31.1 Å². The van der Waals surface area contributed by atoms with Gasteiger partial charge in [0.1, 0.15) is 5.82 Å². The van der Waals surface area contributed by atoms with Crippen molar-refractivity contribution in [1.82, 2.24) is 19.9 Å². The van der Waals surface area contributed by atoms with Crippen molar-refractivity contribution in [1.29, 1.82) is 0 Å². The van der Waals surface area contributed by atoms with Crippen molar-refractivity contribution in [2.45, 2.75) is 13.3 Å². The molecule has 5 rings (SSSR count). The molecule has 2 aliphatic rings. The average Bonchev–Trinajstić information content (AvgIpc) is 3.34. The maximum atomic E-state index is 13.3. The van der Waals surface area contributed by atoms with Gasteiger partial charge >= 0.3 is 12.0 Å². The number of nitrogen functional groups attached to an aromatic ring is 1. The summed E-state index contributed by atoms with van der Waals surface area (Å²) < 4.78 is 10.5. The van der Waals surface area contributed by atoms with Crippen LogP contribution in [0.4, 0.5) is 28.2 Å². The Labute approximate surface area is 207 Å². The van der Waals surface area contributed by atoms with E-state index in [1.807, 2.05) is 4.90 Å². The molecule has 0 unspecified atom stereocenters. The van der Waals surface area contributed by atoms with E-state index >= 15 is 0 Å². The largest absolute Gasteiger partial charge is 0.462 e. The summed E-state index contributed by atoms with van der Waals surface area (Å²) in [6, 6.07) is 6.23. The molecular formula is C24H26N8O4. The zero-order valence-electron chi connectivity index (χ0n) is 19.8. The summed E-state index contributed by atoms with van der Waals surface area (Å²) in [6.45, 7) is 4.93. The van der Waals surface area contributed by atoms with Crippen LogP contribution in [0.15, 0.2) is 36.7 Å². The lowest BCUT2D eigenvalue weighted by Crippen LogP contribution is -2.38. The van der Waals surface area contributed by atoms with Crippen LogP contribution in [0.25, 0.3) is 11.3 Å². The zero-order chi connectivity index (χ0) is 25.1. The number of amides is 2. The van der Waals surface area contributed by atoms with Gasteiger partial charge in [-0.25, -0.2) is 24.5 Å². The molecule has 36 heavy (non-hydrogen) atoms. The third kappa shape index (κ3) is 4.75. The minimum atomic E-state index is -0.407. The SMILES string of the molecule is CCOC(=O)c1ccc(NC(=O)N2CCc3c(-c4cnc(N)nc4)nc(N4CCOCC4)nc32)cc1. The Morgan fingerprint density at radius 2 is 1.81 bits per heavy atom. The number of esters is 1. The molecule has 0 aliphatic carbocycles. The van der Waals surface area contributed by atoms with Crippen LogP contribution in [0.2, 0.25) is 0 Å². The molecule has 3 aromatic rings. The van der Waals surface area contributed by atoms with Crippen LogP contribution >= 0.6 is 0 Å². The molecule has 2 aromatic heterocycles. The minimum Gasteiger partial charge on any atom is -0.462 e. The Balaban J connectivity index is 1.44. The van der Waals surface area contributed by atoms with Crippen LogP contribution in [0, 0.1) is 0 Å². The van der Waals surface area contributed by atoms with Crippen LogP contribution in [-0.4, -0.2) is 71.4 Å². The first-order valence-electron chi connectivity index (χ1n) is 11.7. The molecule has 186 valence electrons. The predicted molar refractivity (Wildman–Crippen MR) is 133 cm³/mol. The van der Waals surface area contributed by atoms with Crippen LogP contribution in [0.3, 0.4) is 0 Å². The second-order valence-electron chi connectivity index (χ2n) is 8.23. The van der Waals surface area contributed by atoms with Gasteiger partial charge in [-0.1, -0.05) is 0 Å². The van der Waals surface area contributed by atoms with Gasteiger partial charge in [0.25, 0.3) is 0 Å². The summed E-state index contributed by atoms with van der Waals surface area (Å²) in [4.78, 5) is 46.6. The molecule has 3 N–H and O–H groups in total. The number of nitrogens with zero attached hydrogens (tertiary/aromatic N) is 6. The lowest BCUT2D eigenvalue weighted by atomic mass is 10.1. The van der Waals surface area contributed by atoms with Crippen molar-refractivity contribution in [2.75, 3.05) is 60.3 Å². The van der Waals surface area contributed by atoms with Crippen LogP contribution < -0.4 is 20.9 Å². The number of urea groups is 1. The zero-order valence-corrected chi connectivity index (χ0v) is 19.8. The average molecular weight is 491 g/mol. The quantitative estimate of drug-likeness (QED) is 0.509. The molecule has 1 saturated heterocycles. The number of carbonyl (C=O) groups excluding carboxylic acids is 2. The number of ether oxygens (including phenoxy) is 2. The van der Waals surface area contributed by atoms with E-state index < -0.39 is 5.97 Å². The number of nitrogens with two attached hydrogens (primary N) is 1. The van der Waals surface area contributed by atoms with E-state index in [0.29, 0.717) is 80.2 Å². The normalized spacial score (nSPS) is 14.9. The number of fused-ring (bicyclic) bond motifs is 1. The molecule has 0 radical (unpaired) electrons. The molecule has 2 aliphatic heterocycles. The van der Waals surface area contributed by atoms with Gasteiger partial charge in [-0.2, -0.15) is 4.98 Å². The number of nitrogens with one attached hydrogen (secondary N) is 1. The van der Waals surface area contributed by atoms with Gasteiger partial charge in [0.2, 0.25) is 11.9 Å². The van der Waals surface area contributed by atoms with E-state index in [4.69, 9.17) is 25.2 Å². The summed E-state index contributed by atoms with van der Waals surface area (Å²) >= 11 is 0. The molecule has 0 spiro atoms. The maximum absolute atomic E-state index is 13.3. The maximum Gasteiger partial charge on any atom is 0.338 e. The van der Waals surface area contributed by atoms with Crippen molar-refractivity contribution < 1.29 is 19.1 Å². The minimum absolute atomic E-state index is 0.174. The number of carbonyl (C=O) groups is 2. The van der Waals surface area contributed by atoms with E-state index in [0.717, 1.165) is 5.56 Å². The molecule has 4 heterocycles. The fraction of sp³-hybridized carbons (Fsp3) is 0.333. The Morgan fingerprint density at radius 1 is 1.08 bits per heavy atom. The van der Waals surface area contributed by atoms with E-state index in [2.05, 4.69) is 15.3 Å². The Hall–Kier alpha value is -4.32. The fourth-order valence-electron chi connectivity index (χ4n) is 4.14. The van der Waals surface area contributed by atoms with Crippen LogP contribution in [0.1, 0.15) is 22.8 Å². The highest BCUT2D eigenvalue weighted by atomic mass is 16.5. The predicted octanol–water partition coefficient (Wildman–Crippen LogP) is 2.12. The van der Waals surface area contributed by atoms with E-state index in [1.54, 1.807) is 48.5 Å². The molecule has 0 bridgehead atoms. The number of hydrogen-bond donors (Lipinski definition) is 2. The third-order valence-corrected chi connectivity index (χ3v) is 5.95. The Morgan fingerprint density at radius 3 is 2.50 bits per heavy atom. The van der Waals surface area contributed by atoms with Crippen LogP contribution in [-0.2, 0) is 15.9 Å². The number of anilines is 4. The molecule has 1 aromatic carbocycles. The third-order valence-electron chi connectivity index (χ3n) is 5.95. The number of hydrogen-bond acceptors (Lipinski definition) is 10. The summed E-state index contributed by atoms with van der Waals surface area (Å²) in [6.07, 6.45) is 3.83. The highest BCUT2D eigenvalue weighted by Gasteiger charge is 2.32. The number of benzene rings is 1. The number of morpholine rings is 1. The lowest BCUT2D eigenvalue weighted by Gasteiger charge is -2.28. The second kappa shape index (κ2) is 10.1. The first-order valence-corrected chi connectivity index (χ1v) is 11.7. The van der Waals surface area contributed by atoms with E-state index in [-0.39, 0.29) is 12.0 Å². The van der Waals surface area contributed by atoms with E-state index in [1.165, 1.54) is 0 Å².